The molecule has 1 aromatic heterocycles. The molecule has 1 aliphatic rings. The van der Waals surface area contributed by atoms with E-state index in [4.69, 9.17) is 12.2 Å². The van der Waals surface area contributed by atoms with Crippen LogP contribution in [0.1, 0.15) is 36.7 Å². The normalized spacial score (nSPS) is 16.6. The van der Waals surface area contributed by atoms with Crippen LogP contribution in [0.5, 0.6) is 0 Å². The number of benzene rings is 1. The van der Waals surface area contributed by atoms with E-state index in [-0.39, 0.29) is 12.5 Å². The van der Waals surface area contributed by atoms with Gasteiger partial charge in [0.25, 0.3) is 0 Å². The molecule has 0 bridgehead atoms. The molecule has 1 aromatic carbocycles. The monoisotopic (exact) mass is 344 g/mol. The van der Waals surface area contributed by atoms with Gasteiger partial charge in [0.1, 0.15) is 12.4 Å². The topological polar surface area (TPSA) is 62.7 Å². The van der Waals surface area contributed by atoms with Crippen molar-refractivity contribution < 1.29 is 4.79 Å². The van der Waals surface area contributed by atoms with Gasteiger partial charge in [0.2, 0.25) is 5.91 Å². The molecular formula is C18H24N4OS. The maximum Gasteiger partial charge on any atom is 0.240 e. The minimum absolute atomic E-state index is 0.00344. The maximum atomic E-state index is 12.3. The number of H-pyrrole nitrogens is 1. The number of carbonyl (C=O) groups excluding carboxylic acids is 1. The van der Waals surface area contributed by atoms with E-state index >= 15 is 0 Å². The van der Waals surface area contributed by atoms with Gasteiger partial charge in [-0.15, -0.1) is 0 Å². The van der Waals surface area contributed by atoms with Crippen molar-refractivity contribution in [3.05, 3.63) is 46.0 Å². The lowest BCUT2D eigenvalue weighted by Crippen LogP contribution is -2.34. The van der Waals surface area contributed by atoms with Crippen molar-refractivity contribution >= 4 is 18.1 Å². The van der Waals surface area contributed by atoms with Gasteiger partial charge in [-0.05, 0) is 54.9 Å². The van der Waals surface area contributed by atoms with Gasteiger partial charge in [-0.3, -0.25) is 14.5 Å². The zero-order valence-electron chi connectivity index (χ0n) is 14.0. The summed E-state index contributed by atoms with van der Waals surface area (Å²) in [5, 5.41) is 10.0. The Morgan fingerprint density at radius 3 is 3.00 bits per heavy atom. The fraction of sp³-hybridized carbons (Fsp3) is 0.500. The number of rotatable bonds is 6. The second kappa shape index (κ2) is 7.75. The lowest BCUT2D eigenvalue weighted by molar-refractivity contribution is -0.121. The first-order valence-electron chi connectivity index (χ1n) is 8.65. The first kappa shape index (κ1) is 16.9. The van der Waals surface area contributed by atoms with E-state index in [1.54, 1.807) is 4.57 Å². The summed E-state index contributed by atoms with van der Waals surface area (Å²) < 4.78 is 2.31. The molecule has 1 atom stereocenters. The Morgan fingerprint density at radius 2 is 2.21 bits per heavy atom. The van der Waals surface area contributed by atoms with Crippen LogP contribution in [0.3, 0.4) is 0 Å². The average Bonchev–Trinajstić information content (AvgIpc) is 2.93. The highest BCUT2D eigenvalue weighted by Gasteiger charge is 2.19. The highest BCUT2D eigenvalue weighted by molar-refractivity contribution is 7.71. The van der Waals surface area contributed by atoms with Crippen molar-refractivity contribution in [1.82, 2.24) is 20.1 Å². The van der Waals surface area contributed by atoms with Crippen LogP contribution in [0.15, 0.2) is 24.3 Å². The van der Waals surface area contributed by atoms with Gasteiger partial charge in [-0.2, -0.15) is 5.10 Å². The number of aryl methyl sites for hydroxylation is 2. The van der Waals surface area contributed by atoms with Crippen LogP contribution in [0.4, 0.5) is 0 Å². The number of fused-ring (bicyclic) bond motifs is 1. The Hall–Kier alpha value is -1.95. The van der Waals surface area contributed by atoms with Gasteiger partial charge in [-0.1, -0.05) is 31.2 Å². The third-order valence-corrected chi connectivity index (χ3v) is 4.96. The zero-order chi connectivity index (χ0) is 16.9. The Kier molecular flexibility index (Phi) is 5.45. The van der Waals surface area contributed by atoms with E-state index in [0.29, 0.717) is 10.7 Å². The SMILES string of the molecule is CCCc1n[nH]c(=S)n1CC(=O)NC[C@@H]1CCc2ccccc2C1. The Labute approximate surface area is 147 Å². The molecule has 1 heterocycles. The largest absolute Gasteiger partial charge is 0.354 e. The summed E-state index contributed by atoms with van der Waals surface area (Å²) in [6.07, 6.45) is 5.07. The number of hydrogen-bond acceptors (Lipinski definition) is 3. The number of carbonyl (C=O) groups is 1. The number of amides is 1. The van der Waals surface area contributed by atoms with Gasteiger partial charge in [0.05, 0.1) is 0 Å². The fourth-order valence-electron chi connectivity index (χ4n) is 3.33. The highest BCUT2D eigenvalue weighted by atomic mass is 32.1. The molecule has 24 heavy (non-hydrogen) atoms. The molecule has 0 radical (unpaired) electrons. The molecule has 0 aliphatic heterocycles. The Bertz CT molecular complexity index is 764. The smallest absolute Gasteiger partial charge is 0.240 e. The molecule has 0 fully saturated rings. The summed E-state index contributed by atoms with van der Waals surface area (Å²) in [4.78, 5) is 12.3. The van der Waals surface area contributed by atoms with Gasteiger partial charge in [-0.25, -0.2) is 0 Å². The molecule has 2 N–H and O–H groups in total. The van der Waals surface area contributed by atoms with Crippen molar-refractivity contribution in [2.75, 3.05) is 6.54 Å². The number of hydrogen-bond donors (Lipinski definition) is 2. The minimum atomic E-state index is 0.00344. The van der Waals surface area contributed by atoms with Gasteiger partial charge in [0.15, 0.2) is 4.77 Å². The van der Waals surface area contributed by atoms with E-state index in [9.17, 15) is 4.79 Å². The highest BCUT2D eigenvalue weighted by Crippen LogP contribution is 2.24. The maximum absolute atomic E-state index is 12.3. The second-order valence-electron chi connectivity index (χ2n) is 6.46. The van der Waals surface area contributed by atoms with Crippen LogP contribution in [0.25, 0.3) is 0 Å². The lowest BCUT2D eigenvalue weighted by Gasteiger charge is -2.24. The summed E-state index contributed by atoms with van der Waals surface area (Å²) >= 11 is 5.22. The predicted molar refractivity (Wildman–Crippen MR) is 96.4 cm³/mol. The van der Waals surface area contributed by atoms with Crippen LogP contribution in [-0.2, 0) is 30.6 Å². The number of aromatic amines is 1. The van der Waals surface area contributed by atoms with Crippen LogP contribution < -0.4 is 5.32 Å². The quantitative estimate of drug-likeness (QED) is 0.792. The summed E-state index contributed by atoms with van der Waals surface area (Å²) in [5.41, 5.74) is 2.87. The van der Waals surface area contributed by atoms with Crippen molar-refractivity contribution in [3.8, 4) is 0 Å². The summed E-state index contributed by atoms with van der Waals surface area (Å²) in [7, 11) is 0. The minimum Gasteiger partial charge on any atom is -0.354 e. The second-order valence-corrected chi connectivity index (χ2v) is 6.85. The molecule has 1 aliphatic carbocycles. The van der Waals surface area contributed by atoms with E-state index in [1.807, 2.05) is 0 Å². The van der Waals surface area contributed by atoms with E-state index in [2.05, 4.69) is 46.7 Å². The molecule has 0 unspecified atom stereocenters. The molecule has 128 valence electrons. The van der Waals surface area contributed by atoms with Crippen LogP contribution in [0.2, 0.25) is 0 Å². The summed E-state index contributed by atoms with van der Waals surface area (Å²) in [6.45, 7) is 3.05. The molecule has 5 nitrogen and oxygen atoms in total. The molecule has 2 aromatic rings. The van der Waals surface area contributed by atoms with Gasteiger partial charge < -0.3 is 5.32 Å². The van der Waals surface area contributed by atoms with Crippen molar-refractivity contribution in [1.29, 1.82) is 0 Å². The van der Waals surface area contributed by atoms with E-state index < -0.39 is 0 Å². The third-order valence-electron chi connectivity index (χ3n) is 4.65. The van der Waals surface area contributed by atoms with Crippen LogP contribution in [-0.4, -0.2) is 27.2 Å². The average molecular weight is 344 g/mol. The summed E-state index contributed by atoms with van der Waals surface area (Å²) in [6, 6.07) is 8.60. The standard InChI is InChI=1S/C18H24N4OS/c1-2-5-16-20-21-18(24)22(16)12-17(23)19-11-13-8-9-14-6-3-4-7-15(14)10-13/h3-4,6-7,13H,2,5,8-12H2,1H3,(H,19,23)(H,21,24)/t13-/m1/s1. The van der Waals surface area contributed by atoms with Crippen molar-refractivity contribution in [3.63, 3.8) is 0 Å². The summed E-state index contributed by atoms with van der Waals surface area (Å²) in [5.74, 6) is 1.37. The number of nitrogens with one attached hydrogen (secondary N) is 2. The molecule has 3 rings (SSSR count). The Balaban J connectivity index is 1.54. The first-order valence-corrected chi connectivity index (χ1v) is 9.05. The fourth-order valence-corrected chi connectivity index (χ4v) is 3.55. The van der Waals surface area contributed by atoms with Crippen LogP contribution >= 0.6 is 12.2 Å². The van der Waals surface area contributed by atoms with Crippen molar-refractivity contribution in [2.45, 2.75) is 45.6 Å². The number of nitrogens with zero attached hydrogens (tertiary/aromatic N) is 2. The van der Waals surface area contributed by atoms with Crippen molar-refractivity contribution in [2.24, 2.45) is 5.92 Å². The van der Waals surface area contributed by atoms with Gasteiger partial charge >= 0.3 is 0 Å². The predicted octanol–water partition coefficient (Wildman–Crippen LogP) is 2.81. The lowest BCUT2D eigenvalue weighted by atomic mass is 9.84. The molecule has 0 saturated carbocycles. The molecule has 0 saturated heterocycles. The molecule has 0 spiro atoms. The van der Waals surface area contributed by atoms with Gasteiger partial charge in [0, 0.05) is 13.0 Å². The molecular weight excluding hydrogens is 320 g/mol. The first-order chi connectivity index (χ1) is 11.7. The zero-order valence-corrected chi connectivity index (χ0v) is 14.9. The molecule has 6 heteroatoms. The van der Waals surface area contributed by atoms with Crippen LogP contribution in [0, 0.1) is 10.7 Å². The third kappa shape index (κ3) is 3.93. The molecule has 1 amide bonds. The Morgan fingerprint density at radius 1 is 1.42 bits per heavy atom. The van der Waals surface area contributed by atoms with E-state index in [1.165, 1.54) is 11.1 Å². The van der Waals surface area contributed by atoms with E-state index in [0.717, 1.165) is 44.5 Å². The number of aromatic nitrogens is 3.